The molecule has 1 rings (SSSR count). The average molecular weight is 357 g/mol. The first-order valence-corrected chi connectivity index (χ1v) is 9.87. The molecule has 4 atom stereocenters. The van der Waals surface area contributed by atoms with Crippen LogP contribution in [0.2, 0.25) is 0 Å². The van der Waals surface area contributed by atoms with Gasteiger partial charge in [-0.3, -0.25) is 4.79 Å². The van der Waals surface area contributed by atoms with Crippen molar-refractivity contribution in [3.05, 3.63) is 12.7 Å². The van der Waals surface area contributed by atoms with Crippen LogP contribution < -0.4 is 0 Å². The van der Waals surface area contributed by atoms with Crippen molar-refractivity contribution in [2.24, 2.45) is 5.92 Å². The molecule has 0 saturated carbocycles. The Morgan fingerprint density at radius 1 is 1.32 bits per heavy atom. The number of carboxylic acid groups (broad SMARTS) is 1. The maximum atomic E-state index is 11.5. The van der Waals surface area contributed by atoms with Gasteiger partial charge in [-0.05, 0) is 38.5 Å². The lowest BCUT2D eigenvalue weighted by atomic mass is 9.91. The lowest BCUT2D eigenvalue weighted by Gasteiger charge is -2.30. The summed E-state index contributed by atoms with van der Waals surface area (Å²) >= 11 is 0. The zero-order chi connectivity index (χ0) is 18.5. The molecule has 0 aromatic heterocycles. The minimum atomic E-state index is -0.916. The minimum Gasteiger partial charge on any atom is -0.481 e. The van der Waals surface area contributed by atoms with Gasteiger partial charge in [-0.15, -0.1) is 6.58 Å². The topological polar surface area (TPSA) is 76.0 Å². The maximum absolute atomic E-state index is 11.5. The summed E-state index contributed by atoms with van der Waals surface area (Å²) in [6.07, 6.45) is 9.91. The monoisotopic (exact) mass is 356 g/mol. The van der Waals surface area contributed by atoms with Crippen LogP contribution >= 0.6 is 0 Å². The number of aliphatic hydroxyl groups is 1. The van der Waals surface area contributed by atoms with Crippen molar-refractivity contribution in [1.29, 1.82) is 0 Å². The Morgan fingerprint density at radius 3 is 2.72 bits per heavy atom. The van der Waals surface area contributed by atoms with Gasteiger partial charge in [-0.25, -0.2) is 0 Å². The maximum Gasteiger partial charge on any atom is 0.309 e. The van der Waals surface area contributed by atoms with Crippen LogP contribution in [0.4, 0.5) is 0 Å². The lowest BCUT2D eigenvalue weighted by Crippen LogP contribution is -2.35. The van der Waals surface area contributed by atoms with Gasteiger partial charge < -0.3 is 19.7 Å². The van der Waals surface area contributed by atoms with Gasteiger partial charge in [0.15, 0.2) is 6.29 Å². The molecule has 1 heterocycles. The molecular weight excluding hydrogens is 320 g/mol. The molecule has 0 amide bonds. The number of rotatable bonds is 14. The third kappa shape index (κ3) is 9.38. The van der Waals surface area contributed by atoms with E-state index in [1.54, 1.807) is 0 Å². The molecule has 0 aliphatic carbocycles. The van der Waals surface area contributed by atoms with Crippen LogP contribution in [0.25, 0.3) is 0 Å². The molecular formula is C20H36O5. The number of hydrogen-bond donors (Lipinski definition) is 2. The smallest absolute Gasteiger partial charge is 0.309 e. The van der Waals surface area contributed by atoms with E-state index in [1.165, 1.54) is 0 Å². The standard InChI is InChI=1S/C20H36O5/c1-3-5-7-8-12-17(20(22)23)18(21)15-16(11-6-4-2)25-19-13-9-10-14-24-19/h4,16-19,21H,2-3,5-15H2,1H3,(H,22,23)/t16?,17?,18?,19-/m1/s1. The number of carboxylic acids is 1. The Labute approximate surface area is 152 Å². The number of aliphatic carboxylic acids is 1. The molecule has 0 bridgehead atoms. The van der Waals surface area contributed by atoms with Crippen molar-refractivity contribution in [1.82, 2.24) is 0 Å². The van der Waals surface area contributed by atoms with Crippen LogP contribution in [-0.4, -0.2) is 41.3 Å². The van der Waals surface area contributed by atoms with Gasteiger partial charge >= 0.3 is 5.97 Å². The van der Waals surface area contributed by atoms with Crippen molar-refractivity contribution < 1.29 is 24.5 Å². The molecule has 0 radical (unpaired) electrons. The van der Waals surface area contributed by atoms with Crippen LogP contribution in [0.3, 0.4) is 0 Å². The molecule has 2 N–H and O–H groups in total. The van der Waals surface area contributed by atoms with Crippen LogP contribution in [0, 0.1) is 5.92 Å². The Bertz CT molecular complexity index is 365. The van der Waals surface area contributed by atoms with E-state index in [0.717, 1.165) is 57.8 Å². The molecule has 1 saturated heterocycles. The van der Waals surface area contributed by atoms with E-state index < -0.39 is 18.0 Å². The van der Waals surface area contributed by atoms with Gasteiger partial charge in [0.05, 0.1) is 18.1 Å². The molecule has 0 aromatic rings. The van der Waals surface area contributed by atoms with Gasteiger partial charge in [0.1, 0.15) is 0 Å². The summed E-state index contributed by atoms with van der Waals surface area (Å²) in [7, 11) is 0. The third-order valence-electron chi connectivity index (χ3n) is 4.83. The second-order valence-electron chi connectivity index (χ2n) is 7.02. The Morgan fingerprint density at radius 2 is 2.12 bits per heavy atom. The molecule has 3 unspecified atom stereocenters. The lowest BCUT2D eigenvalue weighted by molar-refractivity contribution is -0.195. The predicted octanol–water partition coefficient (Wildman–Crippen LogP) is 4.29. The van der Waals surface area contributed by atoms with Crippen molar-refractivity contribution >= 4 is 5.97 Å². The fraction of sp³-hybridized carbons (Fsp3) is 0.850. The van der Waals surface area contributed by atoms with Crippen molar-refractivity contribution in [2.75, 3.05) is 6.61 Å². The molecule has 146 valence electrons. The Balaban J connectivity index is 2.54. The quantitative estimate of drug-likeness (QED) is 0.359. The van der Waals surface area contributed by atoms with Crippen LogP contribution in [0.15, 0.2) is 12.7 Å². The number of carbonyl (C=O) groups is 1. The summed E-state index contributed by atoms with van der Waals surface area (Å²) in [6, 6.07) is 0. The van der Waals surface area contributed by atoms with Gasteiger partial charge in [0, 0.05) is 13.0 Å². The van der Waals surface area contributed by atoms with Gasteiger partial charge in [-0.2, -0.15) is 0 Å². The van der Waals surface area contributed by atoms with Crippen LogP contribution in [0.1, 0.15) is 77.6 Å². The third-order valence-corrected chi connectivity index (χ3v) is 4.83. The fourth-order valence-corrected chi connectivity index (χ4v) is 3.28. The summed E-state index contributed by atoms with van der Waals surface area (Å²) in [5.74, 6) is -1.64. The zero-order valence-electron chi connectivity index (χ0n) is 15.7. The highest BCUT2D eigenvalue weighted by atomic mass is 16.7. The first kappa shape index (κ1) is 22.1. The summed E-state index contributed by atoms with van der Waals surface area (Å²) in [6.45, 7) is 6.56. The molecule has 0 spiro atoms. The van der Waals surface area contributed by atoms with E-state index >= 15 is 0 Å². The normalized spacial score (nSPS) is 21.4. The number of unbranched alkanes of at least 4 members (excludes halogenated alkanes) is 3. The van der Waals surface area contributed by atoms with Gasteiger partial charge in [0.2, 0.25) is 0 Å². The molecule has 25 heavy (non-hydrogen) atoms. The number of allylic oxidation sites excluding steroid dienone is 1. The van der Waals surface area contributed by atoms with Gasteiger partial charge in [-0.1, -0.05) is 38.7 Å². The van der Waals surface area contributed by atoms with Crippen LogP contribution in [0.5, 0.6) is 0 Å². The minimum absolute atomic E-state index is 0.200. The van der Waals surface area contributed by atoms with Crippen molar-refractivity contribution in [3.8, 4) is 0 Å². The Kier molecular flexibility index (Phi) is 11.8. The summed E-state index contributed by atoms with van der Waals surface area (Å²) in [5, 5.41) is 20.0. The summed E-state index contributed by atoms with van der Waals surface area (Å²) < 4.78 is 11.6. The second-order valence-corrected chi connectivity index (χ2v) is 7.02. The molecule has 1 aliphatic heterocycles. The molecule has 0 aromatic carbocycles. The molecule has 5 nitrogen and oxygen atoms in total. The van der Waals surface area contributed by atoms with Gasteiger partial charge in [0.25, 0.3) is 0 Å². The first-order valence-electron chi connectivity index (χ1n) is 9.87. The largest absolute Gasteiger partial charge is 0.481 e. The number of hydrogen-bond acceptors (Lipinski definition) is 4. The average Bonchev–Trinajstić information content (AvgIpc) is 2.60. The van der Waals surface area contributed by atoms with E-state index in [0.29, 0.717) is 19.4 Å². The molecule has 1 fully saturated rings. The van der Waals surface area contributed by atoms with E-state index in [1.807, 2.05) is 6.08 Å². The highest BCUT2D eigenvalue weighted by Gasteiger charge is 2.30. The Hall–Kier alpha value is -0.910. The fourth-order valence-electron chi connectivity index (χ4n) is 3.28. The molecule has 5 heteroatoms. The highest BCUT2D eigenvalue weighted by Crippen LogP contribution is 2.24. The second kappa shape index (κ2) is 13.3. The van der Waals surface area contributed by atoms with Crippen molar-refractivity contribution in [2.45, 2.75) is 96.1 Å². The van der Waals surface area contributed by atoms with E-state index in [2.05, 4.69) is 13.5 Å². The van der Waals surface area contributed by atoms with Crippen molar-refractivity contribution in [3.63, 3.8) is 0 Å². The van der Waals surface area contributed by atoms with E-state index in [-0.39, 0.29) is 12.4 Å². The highest BCUT2D eigenvalue weighted by molar-refractivity contribution is 5.70. The van der Waals surface area contributed by atoms with Crippen LogP contribution in [-0.2, 0) is 14.3 Å². The number of aliphatic hydroxyl groups excluding tert-OH is 1. The SMILES string of the molecule is C=CCCC(CC(O)C(CCCCCC)C(=O)O)O[C@@H]1CCCCO1. The predicted molar refractivity (Wildman–Crippen MR) is 98.4 cm³/mol. The van der Waals surface area contributed by atoms with E-state index in [4.69, 9.17) is 9.47 Å². The molecule has 1 aliphatic rings. The first-order chi connectivity index (χ1) is 12.1. The summed E-state index contributed by atoms with van der Waals surface area (Å²) in [4.78, 5) is 11.5. The zero-order valence-corrected chi connectivity index (χ0v) is 15.7. The summed E-state index contributed by atoms with van der Waals surface area (Å²) in [5.41, 5.74) is 0. The van der Waals surface area contributed by atoms with E-state index in [9.17, 15) is 15.0 Å². The number of ether oxygens (including phenoxy) is 2.